The van der Waals surface area contributed by atoms with E-state index in [1.807, 2.05) is 13.8 Å². The lowest BCUT2D eigenvalue weighted by atomic mass is 10.1. The van der Waals surface area contributed by atoms with Crippen molar-refractivity contribution in [2.75, 3.05) is 13.6 Å². The van der Waals surface area contributed by atoms with Gasteiger partial charge in [0, 0.05) is 32.5 Å². The Bertz CT molecular complexity index is 755. The van der Waals surface area contributed by atoms with Gasteiger partial charge >= 0.3 is 6.18 Å². The highest BCUT2D eigenvalue weighted by Gasteiger charge is 2.30. The summed E-state index contributed by atoms with van der Waals surface area (Å²) < 4.78 is 43.4. The highest BCUT2D eigenvalue weighted by Crippen LogP contribution is 2.29. The lowest BCUT2D eigenvalue weighted by Crippen LogP contribution is -2.37. The van der Waals surface area contributed by atoms with Gasteiger partial charge in [-0.25, -0.2) is 0 Å². The minimum Gasteiger partial charge on any atom is -0.356 e. The molecule has 2 rings (SSSR count). The lowest BCUT2D eigenvalue weighted by molar-refractivity contribution is -0.137. The summed E-state index contributed by atoms with van der Waals surface area (Å²) in [5.74, 6) is 2.02. The molecule has 148 valence electrons. The van der Waals surface area contributed by atoms with E-state index in [-0.39, 0.29) is 12.5 Å². The molecular weight excluding hydrogens is 359 g/mol. The van der Waals surface area contributed by atoms with Crippen LogP contribution in [-0.4, -0.2) is 29.7 Å². The van der Waals surface area contributed by atoms with E-state index in [0.717, 1.165) is 18.6 Å². The van der Waals surface area contributed by atoms with Crippen LogP contribution in [0.1, 0.15) is 49.0 Å². The number of alkyl halides is 3. The van der Waals surface area contributed by atoms with Crippen molar-refractivity contribution >= 4 is 5.96 Å². The van der Waals surface area contributed by atoms with Gasteiger partial charge in [0.15, 0.2) is 11.8 Å². The highest BCUT2D eigenvalue weighted by molar-refractivity contribution is 5.79. The molecule has 0 bridgehead atoms. The summed E-state index contributed by atoms with van der Waals surface area (Å²) in [5, 5.41) is 10.0. The molecule has 0 atom stereocenters. The minimum absolute atomic E-state index is 0.222. The van der Waals surface area contributed by atoms with Gasteiger partial charge in [0.05, 0.1) is 5.56 Å². The molecule has 1 heterocycles. The van der Waals surface area contributed by atoms with Gasteiger partial charge in [-0.05, 0) is 24.1 Å². The zero-order chi connectivity index (χ0) is 19.9. The summed E-state index contributed by atoms with van der Waals surface area (Å²) in [6.07, 6.45) is -2.96. The van der Waals surface area contributed by atoms with Gasteiger partial charge < -0.3 is 15.2 Å². The summed E-state index contributed by atoms with van der Waals surface area (Å²) in [7, 11) is 1.61. The van der Waals surface area contributed by atoms with Crippen LogP contribution in [0.25, 0.3) is 0 Å². The van der Waals surface area contributed by atoms with Crippen molar-refractivity contribution < 1.29 is 17.7 Å². The molecule has 0 unspecified atom stereocenters. The van der Waals surface area contributed by atoms with Crippen LogP contribution in [0.4, 0.5) is 13.2 Å². The Morgan fingerprint density at radius 2 is 2.04 bits per heavy atom. The molecule has 0 aliphatic carbocycles. The predicted octanol–water partition coefficient (Wildman–Crippen LogP) is 3.51. The zero-order valence-corrected chi connectivity index (χ0v) is 15.6. The Morgan fingerprint density at radius 1 is 1.26 bits per heavy atom. The first-order valence-corrected chi connectivity index (χ1v) is 8.72. The maximum Gasteiger partial charge on any atom is 0.416 e. The molecule has 9 heteroatoms. The molecule has 27 heavy (non-hydrogen) atoms. The maximum atomic E-state index is 12.8. The van der Waals surface area contributed by atoms with Crippen molar-refractivity contribution in [2.24, 2.45) is 4.99 Å². The number of hydrogen-bond acceptors (Lipinski definition) is 4. The van der Waals surface area contributed by atoms with Gasteiger partial charge in [-0.3, -0.25) is 4.99 Å². The van der Waals surface area contributed by atoms with E-state index in [0.29, 0.717) is 36.2 Å². The number of hydrogen-bond donors (Lipinski definition) is 2. The van der Waals surface area contributed by atoms with E-state index < -0.39 is 11.7 Å². The fourth-order valence-electron chi connectivity index (χ4n) is 2.31. The number of nitrogens with one attached hydrogen (secondary N) is 2. The molecule has 2 aromatic rings. The third-order valence-electron chi connectivity index (χ3n) is 3.80. The Hall–Kier alpha value is -2.58. The number of halogens is 3. The molecule has 0 spiro atoms. The van der Waals surface area contributed by atoms with Crippen LogP contribution in [0.5, 0.6) is 0 Å². The molecule has 1 aromatic heterocycles. The van der Waals surface area contributed by atoms with E-state index in [9.17, 15) is 13.2 Å². The lowest BCUT2D eigenvalue weighted by Gasteiger charge is -2.13. The van der Waals surface area contributed by atoms with E-state index in [2.05, 4.69) is 25.8 Å². The second-order valence-electron chi connectivity index (χ2n) is 6.36. The summed E-state index contributed by atoms with van der Waals surface area (Å²) in [6.45, 7) is 4.85. The van der Waals surface area contributed by atoms with Gasteiger partial charge in [0.25, 0.3) is 0 Å². The molecule has 0 amide bonds. The molecular formula is C18H24F3N5O. The standard InChI is InChI=1S/C18H24F3N5O/c1-12(2)16-25-15(27-26-16)8-5-9-23-17(22-3)24-11-13-6-4-7-14(10-13)18(19,20)21/h4,6-7,10,12H,5,8-9,11H2,1-3H3,(H2,22,23,24). The van der Waals surface area contributed by atoms with Gasteiger partial charge in [-0.2, -0.15) is 18.2 Å². The molecule has 0 saturated heterocycles. The predicted molar refractivity (Wildman–Crippen MR) is 96.4 cm³/mol. The zero-order valence-electron chi connectivity index (χ0n) is 15.6. The van der Waals surface area contributed by atoms with Crippen molar-refractivity contribution in [3.63, 3.8) is 0 Å². The van der Waals surface area contributed by atoms with Crippen LogP contribution in [0.15, 0.2) is 33.8 Å². The molecule has 0 aliphatic rings. The monoisotopic (exact) mass is 383 g/mol. The number of aliphatic imine (C=N–C) groups is 1. The van der Waals surface area contributed by atoms with Crippen molar-refractivity contribution in [2.45, 2.75) is 45.3 Å². The molecule has 1 aromatic carbocycles. The average Bonchev–Trinajstić information content (AvgIpc) is 3.10. The van der Waals surface area contributed by atoms with Crippen LogP contribution in [0.2, 0.25) is 0 Å². The number of benzene rings is 1. The van der Waals surface area contributed by atoms with Crippen LogP contribution in [0.3, 0.4) is 0 Å². The number of guanidine groups is 1. The van der Waals surface area contributed by atoms with Gasteiger partial charge in [-0.1, -0.05) is 31.1 Å². The van der Waals surface area contributed by atoms with E-state index in [4.69, 9.17) is 4.52 Å². The second kappa shape index (κ2) is 9.38. The first-order valence-electron chi connectivity index (χ1n) is 8.72. The number of nitrogens with zero attached hydrogens (tertiary/aromatic N) is 3. The van der Waals surface area contributed by atoms with Crippen molar-refractivity contribution in [1.29, 1.82) is 0 Å². The number of aromatic nitrogens is 2. The largest absolute Gasteiger partial charge is 0.416 e. The Labute approximate surface area is 156 Å². The van der Waals surface area contributed by atoms with E-state index in [1.54, 1.807) is 13.1 Å². The third-order valence-corrected chi connectivity index (χ3v) is 3.80. The van der Waals surface area contributed by atoms with Crippen LogP contribution >= 0.6 is 0 Å². The van der Waals surface area contributed by atoms with E-state index >= 15 is 0 Å². The topological polar surface area (TPSA) is 75.3 Å². The summed E-state index contributed by atoms with van der Waals surface area (Å²) in [5.41, 5.74) is -0.134. The Balaban J connectivity index is 1.76. The molecule has 0 fully saturated rings. The average molecular weight is 383 g/mol. The minimum atomic E-state index is -4.35. The van der Waals surface area contributed by atoms with E-state index in [1.165, 1.54) is 6.07 Å². The normalized spacial score (nSPS) is 12.5. The van der Waals surface area contributed by atoms with Crippen LogP contribution < -0.4 is 10.6 Å². The fourth-order valence-corrected chi connectivity index (χ4v) is 2.31. The Morgan fingerprint density at radius 3 is 2.67 bits per heavy atom. The van der Waals surface area contributed by atoms with Gasteiger partial charge in [0.2, 0.25) is 5.89 Å². The first-order chi connectivity index (χ1) is 12.8. The van der Waals surface area contributed by atoms with Crippen molar-refractivity contribution in [3.8, 4) is 0 Å². The first kappa shape index (κ1) is 20.7. The van der Waals surface area contributed by atoms with Gasteiger partial charge in [-0.15, -0.1) is 0 Å². The number of aryl methyl sites for hydroxylation is 1. The quantitative estimate of drug-likeness (QED) is 0.435. The molecule has 0 saturated carbocycles. The summed E-state index contributed by atoms with van der Waals surface area (Å²) >= 11 is 0. The smallest absolute Gasteiger partial charge is 0.356 e. The number of rotatable bonds is 7. The van der Waals surface area contributed by atoms with Crippen molar-refractivity contribution in [3.05, 3.63) is 47.1 Å². The van der Waals surface area contributed by atoms with Gasteiger partial charge in [0.1, 0.15) is 0 Å². The maximum absolute atomic E-state index is 12.8. The van der Waals surface area contributed by atoms with Crippen LogP contribution in [-0.2, 0) is 19.1 Å². The third kappa shape index (κ3) is 6.58. The summed E-state index contributed by atoms with van der Waals surface area (Å²) in [4.78, 5) is 8.37. The molecule has 6 nitrogen and oxygen atoms in total. The Kier molecular flexibility index (Phi) is 7.20. The fraction of sp³-hybridized carbons (Fsp3) is 0.500. The molecule has 0 radical (unpaired) electrons. The molecule has 2 N–H and O–H groups in total. The van der Waals surface area contributed by atoms with Crippen LogP contribution in [0, 0.1) is 0 Å². The second-order valence-corrected chi connectivity index (χ2v) is 6.36. The summed E-state index contributed by atoms with van der Waals surface area (Å²) in [6, 6.07) is 5.21. The van der Waals surface area contributed by atoms with Crippen molar-refractivity contribution in [1.82, 2.24) is 20.8 Å². The molecule has 0 aliphatic heterocycles. The highest BCUT2D eigenvalue weighted by atomic mass is 19.4. The SMILES string of the molecule is CN=C(NCCCc1nc(C(C)C)no1)NCc1cccc(C(F)(F)F)c1.